The van der Waals surface area contributed by atoms with E-state index in [2.05, 4.69) is 5.32 Å². The molecule has 5 nitrogen and oxygen atoms in total. The molecule has 0 bridgehead atoms. The second-order valence-corrected chi connectivity index (χ2v) is 4.72. The number of phenolic OH excluding ortho intramolecular Hbond substituents is 1. The zero-order valence-corrected chi connectivity index (χ0v) is 11.1. The zero-order chi connectivity index (χ0) is 14.5. The lowest BCUT2D eigenvalue weighted by Gasteiger charge is -2.15. The minimum Gasteiger partial charge on any atom is -0.508 e. The predicted molar refractivity (Wildman–Crippen MR) is 78.0 cm³/mol. The quantitative estimate of drug-likeness (QED) is 0.646. The highest BCUT2D eigenvalue weighted by Crippen LogP contribution is 2.19. The Balaban J connectivity index is 2.00. The van der Waals surface area contributed by atoms with Gasteiger partial charge < -0.3 is 10.4 Å². The van der Waals surface area contributed by atoms with Crippen LogP contribution in [0.4, 0.5) is 11.4 Å². The summed E-state index contributed by atoms with van der Waals surface area (Å²) >= 11 is 0. The van der Waals surface area contributed by atoms with Gasteiger partial charge in [0.25, 0.3) is 5.69 Å². The van der Waals surface area contributed by atoms with E-state index >= 15 is 0 Å². The van der Waals surface area contributed by atoms with Crippen LogP contribution < -0.4 is 5.32 Å². The van der Waals surface area contributed by atoms with Crippen molar-refractivity contribution in [3.63, 3.8) is 0 Å². The van der Waals surface area contributed by atoms with Crippen LogP contribution in [0.1, 0.15) is 12.5 Å². The smallest absolute Gasteiger partial charge is 0.271 e. The molecule has 0 radical (unpaired) electrons. The van der Waals surface area contributed by atoms with Gasteiger partial charge in [-0.1, -0.05) is 18.2 Å². The van der Waals surface area contributed by atoms with Gasteiger partial charge in [-0.2, -0.15) is 0 Å². The molecule has 1 atom stereocenters. The second-order valence-electron chi connectivity index (χ2n) is 4.72. The molecule has 1 unspecified atom stereocenters. The van der Waals surface area contributed by atoms with Gasteiger partial charge >= 0.3 is 0 Å². The molecule has 0 fully saturated rings. The summed E-state index contributed by atoms with van der Waals surface area (Å²) in [5, 5.41) is 23.2. The van der Waals surface area contributed by atoms with Crippen LogP contribution in [0.2, 0.25) is 0 Å². The molecule has 0 aliphatic carbocycles. The highest BCUT2D eigenvalue weighted by molar-refractivity contribution is 5.51. The number of aromatic hydroxyl groups is 1. The first kappa shape index (κ1) is 13.9. The zero-order valence-electron chi connectivity index (χ0n) is 11.1. The largest absolute Gasteiger partial charge is 0.508 e. The lowest BCUT2D eigenvalue weighted by molar-refractivity contribution is -0.384. The fraction of sp³-hybridized carbons (Fsp3) is 0.200. The van der Waals surface area contributed by atoms with Crippen molar-refractivity contribution in [3.05, 3.63) is 64.2 Å². The SMILES string of the molecule is CC(Cc1ccc(O)cc1)Nc1cccc([N+](=O)[O-])c1. The first-order valence-corrected chi connectivity index (χ1v) is 6.33. The summed E-state index contributed by atoms with van der Waals surface area (Å²) in [5.74, 6) is 0.244. The highest BCUT2D eigenvalue weighted by Gasteiger charge is 2.08. The van der Waals surface area contributed by atoms with Crippen molar-refractivity contribution in [2.24, 2.45) is 0 Å². The summed E-state index contributed by atoms with van der Waals surface area (Å²) in [5.41, 5.74) is 1.89. The van der Waals surface area contributed by atoms with Gasteiger partial charge in [-0.15, -0.1) is 0 Å². The second kappa shape index (κ2) is 6.06. The molecule has 0 saturated heterocycles. The third-order valence-corrected chi connectivity index (χ3v) is 2.95. The molecule has 2 aromatic rings. The summed E-state index contributed by atoms with van der Waals surface area (Å²) in [6, 6.07) is 13.6. The van der Waals surface area contributed by atoms with Gasteiger partial charge in [-0.25, -0.2) is 0 Å². The highest BCUT2D eigenvalue weighted by atomic mass is 16.6. The van der Waals surface area contributed by atoms with E-state index in [1.54, 1.807) is 24.3 Å². The molecule has 0 spiro atoms. The van der Waals surface area contributed by atoms with Gasteiger partial charge in [0.05, 0.1) is 4.92 Å². The Morgan fingerprint density at radius 1 is 1.25 bits per heavy atom. The third kappa shape index (κ3) is 3.71. The molecule has 0 aromatic heterocycles. The number of benzene rings is 2. The van der Waals surface area contributed by atoms with Gasteiger partial charge in [0, 0.05) is 23.9 Å². The van der Waals surface area contributed by atoms with Gasteiger partial charge in [0.15, 0.2) is 0 Å². The predicted octanol–water partition coefficient (Wildman–Crippen LogP) is 3.34. The Morgan fingerprint density at radius 3 is 2.60 bits per heavy atom. The van der Waals surface area contributed by atoms with Crippen molar-refractivity contribution in [2.75, 3.05) is 5.32 Å². The van der Waals surface area contributed by atoms with Crippen LogP contribution >= 0.6 is 0 Å². The van der Waals surface area contributed by atoms with Crippen molar-refractivity contribution >= 4 is 11.4 Å². The van der Waals surface area contributed by atoms with E-state index in [0.717, 1.165) is 17.7 Å². The number of hydrogen-bond acceptors (Lipinski definition) is 4. The number of nitro groups is 1. The number of non-ortho nitro benzene ring substituents is 1. The molecule has 0 aliphatic heterocycles. The van der Waals surface area contributed by atoms with Gasteiger partial charge in [-0.3, -0.25) is 10.1 Å². The first-order valence-electron chi connectivity index (χ1n) is 6.33. The maximum absolute atomic E-state index is 10.7. The molecule has 0 amide bonds. The van der Waals surface area contributed by atoms with Crippen molar-refractivity contribution < 1.29 is 10.0 Å². The van der Waals surface area contributed by atoms with Crippen molar-refractivity contribution in [1.29, 1.82) is 0 Å². The minimum atomic E-state index is -0.407. The number of nitro benzene ring substituents is 1. The Kier molecular flexibility index (Phi) is 4.20. The molecule has 0 saturated carbocycles. The van der Waals surface area contributed by atoms with Crippen LogP contribution in [0.3, 0.4) is 0 Å². The average molecular weight is 272 g/mol. The van der Waals surface area contributed by atoms with Crippen LogP contribution in [-0.4, -0.2) is 16.1 Å². The molecule has 20 heavy (non-hydrogen) atoms. The van der Waals surface area contributed by atoms with E-state index < -0.39 is 4.92 Å². The number of phenols is 1. The van der Waals surface area contributed by atoms with E-state index in [-0.39, 0.29) is 17.5 Å². The number of rotatable bonds is 5. The van der Waals surface area contributed by atoms with Gasteiger partial charge in [0.2, 0.25) is 0 Å². The van der Waals surface area contributed by atoms with E-state index in [4.69, 9.17) is 0 Å². The summed E-state index contributed by atoms with van der Waals surface area (Å²) in [4.78, 5) is 10.3. The number of anilines is 1. The maximum Gasteiger partial charge on any atom is 0.271 e. The molecule has 104 valence electrons. The number of nitrogens with zero attached hydrogens (tertiary/aromatic N) is 1. The normalized spacial score (nSPS) is 11.8. The van der Waals surface area contributed by atoms with Crippen LogP contribution in [0.5, 0.6) is 5.75 Å². The average Bonchev–Trinajstić information content (AvgIpc) is 2.41. The topological polar surface area (TPSA) is 75.4 Å². The monoisotopic (exact) mass is 272 g/mol. The minimum absolute atomic E-state index is 0.0758. The van der Waals surface area contributed by atoms with Crippen molar-refractivity contribution in [1.82, 2.24) is 0 Å². The van der Waals surface area contributed by atoms with E-state index in [9.17, 15) is 15.2 Å². The fourth-order valence-corrected chi connectivity index (χ4v) is 2.03. The lowest BCUT2D eigenvalue weighted by atomic mass is 10.1. The van der Waals surface area contributed by atoms with Crippen LogP contribution in [0, 0.1) is 10.1 Å². The Morgan fingerprint density at radius 2 is 1.95 bits per heavy atom. The fourth-order valence-electron chi connectivity index (χ4n) is 2.03. The standard InChI is InChI=1S/C15H16N2O3/c1-11(9-12-5-7-15(18)8-6-12)16-13-3-2-4-14(10-13)17(19)20/h2-8,10-11,16,18H,9H2,1H3. The molecule has 2 N–H and O–H groups in total. The van der Waals surface area contributed by atoms with E-state index in [1.165, 1.54) is 12.1 Å². The van der Waals surface area contributed by atoms with Crippen molar-refractivity contribution in [3.8, 4) is 5.75 Å². The van der Waals surface area contributed by atoms with E-state index in [1.807, 2.05) is 19.1 Å². The van der Waals surface area contributed by atoms with Gasteiger partial charge in [0.1, 0.15) is 5.75 Å². The molecule has 0 heterocycles. The summed E-state index contributed by atoms with van der Waals surface area (Å²) in [6.45, 7) is 2.01. The Hall–Kier alpha value is -2.56. The summed E-state index contributed by atoms with van der Waals surface area (Å²) in [6.07, 6.45) is 0.767. The summed E-state index contributed by atoms with van der Waals surface area (Å²) < 4.78 is 0. The van der Waals surface area contributed by atoms with E-state index in [0.29, 0.717) is 0 Å². The molecule has 2 aromatic carbocycles. The first-order chi connectivity index (χ1) is 9.54. The van der Waals surface area contributed by atoms with Crippen LogP contribution in [0.15, 0.2) is 48.5 Å². The molecule has 0 aliphatic rings. The van der Waals surface area contributed by atoms with Crippen molar-refractivity contribution in [2.45, 2.75) is 19.4 Å². The van der Waals surface area contributed by atoms with Crippen LogP contribution in [0.25, 0.3) is 0 Å². The molecule has 2 rings (SSSR count). The Bertz CT molecular complexity index is 596. The van der Waals surface area contributed by atoms with Crippen LogP contribution in [-0.2, 0) is 6.42 Å². The third-order valence-electron chi connectivity index (χ3n) is 2.95. The van der Waals surface area contributed by atoms with Gasteiger partial charge in [-0.05, 0) is 37.1 Å². The lowest BCUT2D eigenvalue weighted by Crippen LogP contribution is -2.18. The molecular weight excluding hydrogens is 256 g/mol. The summed E-state index contributed by atoms with van der Waals surface area (Å²) in [7, 11) is 0. The maximum atomic E-state index is 10.7. The number of hydrogen-bond donors (Lipinski definition) is 2. The molecule has 5 heteroatoms. The Labute approximate surface area is 117 Å². The number of nitrogens with one attached hydrogen (secondary N) is 1. The molecular formula is C15H16N2O3.